The van der Waals surface area contributed by atoms with Crippen molar-refractivity contribution in [2.24, 2.45) is 5.84 Å². The van der Waals surface area contributed by atoms with E-state index in [9.17, 15) is 8.42 Å². The van der Waals surface area contributed by atoms with Crippen molar-refractivity contribution in [3.63, 3.8) is 0 Å². The van der Waals surface area contributed by atoms with Crippen LogP contribution in [0.5, 0.6) is 0 Å². The lowest BCUT2D eigenvalue weighted by Gasteiger charge is -2.25. The second-order valence-electron chi connectivity index (χ2n) is 2.95. The van der Waals surface area contributed by atoms with Crippen LogP contribution in [0.4, 0.5) is 0 Å². The van der Waals surface area contributed by atoms with Crippen LogP contribution in [0.1, 0.15) is 0 Å². The van der Waals surface area contributed by atoms with Crippen LogP contribution in [-0.2, 0) is 9.84 Å². The minimum absolute atomic E-state index is 0.289. The molecular formula is C6H15N3O2S. The number of rotatable bonds is 3. The van der Waals surface area contributed by atoms with Crippen LogP contribution >= 0.6 is 0 Å². The van der Waals surface area contributed by atoms with E-state index in [1.807, 2.05) is 0 Å². The number of nitrogens with one attached hydrogen (secondary N) is 1. The molecule has 0 aliphatic carbocycles. The Hall–Kier alpha value is -0.170. The van der Waals surface area contributed by atoms with E-state index in [0.29, 0.717) is 19.6 Å². The first kappa shape index (κ1) is 9.91. The van der Waals surface area contributed by atoms with Gasteiger partial charge in [-0.2, -0.15) is 0 Å². The Bertz CT molecular complexity index is 213. The predicted octanol–water partition coefficient (Wildman–Crippen LogP) is -1.82. The van der Waals surface area contributed by atoms with Gasteiger partial charge in [0, 0.05) is 26.2 Å². The van der Waals surface area contributed by atoms with Gasteiger partial charge in [-0.25, -0.2) is 8.42 Å². The highest BCUT2D eigenvalue weighted by Crippen LogP contribution is 2.01. The number of nitrogens with zero attached hydrogens (tertiary/aromatic N) is 1. The van der Waals surface area contributed by atoms with Gasteiger partial charge in [0.25, 0.3) is 0 Å². The molecule has 0 spiro atoms. The van der Waals surface area contributed by atoms with Crippen molar-refractivity contribution < 1.29 is 8.42 Å². The quantitative estimate of drug-likeness (QED) is 0.408. The summed E-state index contributed by atoms with van der Waals surface area (Å²) in [4.78, 5) is 2.10. The van der Waals surface area contributed by atoms with E-state index in [1.165, 1.54) is 0 Å². The van der Waals surface area contributed by atoms with E-state index in [4.69, 9.17) is 5.84 Å². The SMILES string of the molecule is NNCCN1CCS(=O)(=O)CC1. The van der Waals surface area contributed by atoms with Crippen molar-refractivity contribution in [2.75, 3.05) is 37.7 Å². The summed E-state index contributed by atoms with van der Waals surface area (Å²) in [6.07, 6.45) is 0. The molecule has 1 aliphatic rings. The second-order valence-corrected chi connectivity index (χ2v) is 5.25. The van der Waals surface area contributed by atoms with Crippen LogP contribution in [0, 0.1) is 0 Å². The first-order valence-corrected chi connectivity index (χ1v) is 5.82. The van der Waals surface area contributed by atoms with E-state index in [0.717, 1.165) is 6.54 Å². The van der Waals surface area contributed by atoms with Crippen molar-refractivity contribution in [3.05, 3.63) is 0 Å². The van der Waals surface area contributed by atoms with E-state index < -0.39 is 9.84 Å². The normalized spacial score (nSPS) is 24.1. The minimum Gasteiger partial charge on any atom is -0.300 e. The fourth-order valence-corrected chi connectivity index (χ4v) is 2.47. The van der Waals surface area contributed by atoms with Crippen molar-refractivity contribution in [3.8, 4) is 0 Å². The van der Waals surface area contributed by atoms with Crippen molar-refractivity contribution in [2.45, 2.75) is 0 Å². The first-order valence-electron chi connectivity index (χ1n) is 4.00. The molecule has 1 rings (SSSR count). The summed E-state index contributed by atoms with van der Waals surface area (Å²) in [5, 5.41) is 0. The zero-order valence-electron chi connectivity index (χ0n) is 6.99. The highest BCUT2D eigenvalue weighted by atomic mass is 32.2. The third-order valence-electron chi connectivity index (χ3n) is 2.01. The molecule has 1 aliphatic heterocycles. The molecule has 0 aromatic rings. The summed E-state index contributed by atoms with van der Waals surface area (Å²) >= 11 is 0. The maximum Gasteiger partial charge on any atom is 0.152 e. The Kier molecular flexibility index (Phi) is 3.45. The molecule has 0 unspecified atom stereocenters. The molecule has 72 valence electrons. The average Bonchev–Trinajstić information content (AvgIpc) is 2.03. The first-order chi connectivity index (χ1) is 5.64. The Morgan fingerprint density at radius 2 is 1.92 bits per heavy atom. The van der Waals surface area contributed by atoms with Crippen LogP contribution in [0.25, 0.3) is 0 Å². The molecule has 6 heteroatoms. The Labute approximate surface area is 72.8 Å². The standard InChI is InChI=1S/C6H15N3O2S/c7-8-1-2-9-3-5-12(10,11)6-4-9/h8H,1-7H2. The van der Waals surface area contributed by atoms with E-state index >= 15 is 0 Å². The van der Waals surface area contributed by atoms with Gasteiger partial charge < -0.3 is 4.90 Å². The highest BCUT2D eigenvalue weighted by molar-refractivity contribution is 7.91. The molecule has 3 N–H and O–H groups in total. The molecule has 12 heavy (non-hydrogen) atoms. The summed E-state index contributed by atoms with van der Waals surface area (Å²) in [5.41, 5.74) is 2.54. The molecule has 0 aromatic carbocycles. The molecule has 0 radical (unpaired) electrons. The highest BCUT2D eigenvalue weighted by Gasteiger charge is 2.20. The van der Waals surface area contributed by atoms with Crippen LogP contribution in [0.15, 0.2) is 0 Å². The van der Waals surface area contributed by atoms with Crippen LogP contribution in [0.2, 0.25) is 0 Å². The fourth-order valence-electron chi connectivity index (χ4n) is 1.20. The molecule has 0 saturated carbocycles. The summed E-state index contributed by atoms with van der Waals surface area (Å²) < 4.78 is 22.0. The number of sulfone groups is 1. The van der Waals surface area contributed by atoms with Gasteiger partial charge in [0.1, 0.15) is 0 Å². The third kappa shape index (κ3) is 3.06. The fraction of sp³-hybridized carbons (Fsp3) is 1.00. The molecule has 5 nitrogen and oxygen atoms in total. The van der Waals surface area contributed by atoms with Gasteiger partial charge in [0.05, 0.1) is 11.5 Å². The van der Waals surface area contributed by atoms with E-state index in [1.54, 1.807) is 0 Å². The molecule has 1 fully saturated rings. The summed E-state index contributed by atoms with van der Waals surface area (Å²) in [6, 6.07) is 0. The van der Waals surface area contributed by atoms with Crippen molar-refractivity contribution in [1.29, 1.82) is 0 Å². The zero-order valence-corrected chi connectivity index (χ0v) is 7.81. The molecule has 1 saturated heterocycles. The zero-order chi connectivity index (χ0) is 9.03. The Balaban J connectivity index is 2.27. The van der Waals surface area contributed by atoms with Crippen LogP contribution < -0.4 is 11.3 Å². The molecule has 0 atom stereocenters. The molecule has 1 heterocycles. The number of hydrogen-bond donors (Lipinski definition) is 2. The molecule has 0 bridgehead atoms. The van der Waals surface area contributed by atoms with Crippen LogP contribution in [0.3, 0.4) is 0 Å². The maximum atomic E-state index is 11.0. The predicted molar refractivity (Wildman–Crippen MR) is 47.3 cm³/mol. The summed E-state index contributed by atoms with van der Waals surface area (Å²) in [6.45, 7) is 2.82. The second kappa shape index (κ2) is 4.18. The minimum atomic E-state index is -2.73. The molecule has 0 amide bonds. The Morgan fingerprint density at radius 1 is 1.33 bits per heavy atom. The van der Waals surface area contributed by atoms with Gasteiger partial charge in [0.15, 0.2) is 9.84 Å². The average molecular weight is 193 g/mol. The topological polar surface area (TPSA) is 75.4 Å². The van der Waals surface area contributed by atoms with Gasteiger partial charge >= 0.3 is 0 Å². The maximum absolute atomic E-state index is 11.0. The third-order valence-corrected chi connectivity index (χ3v) is 3.62. The number of nitrogens with two attached hydrogens (primary N) is 1. The van der Waals surface area contributed by atoms with Gasteiger partial charge in [-0.15, -0.1) is 0 Å². The summed E-state index contributed by atoms with van der Waals surface area (Å²) in [5.74, 6) is 5.68. The number of hydrogen-bond acceptors (Lipinski definition) is 5. The largest absolute Gasteiger partial charge is 0.300 e. The Morgan fingerprint density at radius 3 is 2.42 bits per heavy atom. The smallest absolute Gasteiger partial charge is 0.152 e. The lowest BCUT2D eigenvalue weighted by atomic mass is 10.4. The van der Waals surface area contributed by atoms with Crippen LogP contribution in [-0.4, -0.2) is 51.0 Å². The van der Waals surface area contributed by atoms with Gasteiger partial charge in [-0.3, -0.25) is 11.3 Å². The number of hydrazine groups is 1. The molecule has 0 aromatic heterocycles. The monoisotopic (exact) mass is 193 g/mol. The van der Waals surface area contributed by atoms with Gasteiger partial charge in [0.2, 0.25) is 0 Å². The lowest BCUT2D eigenvalue weighted by molar-refractivity contribution is 0.295. The van der Waals surface area contributed by atoms with E-state index in [-0.39, 0.29) is 11.5 Å². The van der Waals surface area contributed by atoms with E-state index in [2.05, 4.69) is 10.3 Å². The van der Waals surface area contributed by atoms with Crippen molar-refractivity contribution >= 4 is 9.84 Å². The van der Waals surface area contributed by atoms with Gasteiger partial charge in [-0.05, 0) is 0 Å². The molecular weight excluding hydrogens is 178 g/mol. The lowest BCUT2D eigenvalue weighted by Crippen LogP contribution is -2.44. The van der Waals surface area contributed by atoms with Gasteiger partial charge in [-0.1, -0.05) is 0 Å². The van der Waals surface area contributed by atoms with Crippen molar-refractivity contribution in [1.82, 2.24) is 10.3 Å². The summed E-state index contributed by atoms with van der Waals surface area (Å²) in [7, 11) is -2.73.